The molecular formula is C12H13N3O4S. The van der Waals surface area contributed by atoms with Crippen molar-refractivity contribution in [1.82, 2.24) is 9.78 Å². The van der Waals surface area contributed by atoms with Crippen molar-refractivity contribution in [2.24, 2.45) is 7.05 Å². The van der Waals surface area contributed by atoms with Gasteiger partial charge in [0.1, 0.15) is 4.90 Å². The fourth-order valence-corrected chi connectivity index (χ4v) is 2.66. The molecular weight excluding hydrogens is 282 g/mol. The lowest BCUT2D eigenvalue weighted by Crippen LogP contribution is -2.12. The number of rotatable bonds is 5. The Bertz CT molecular complexity index is 719. The number of carboxylic acids is 1. The molecule has 106 valence electrons. The van der Waals surface area contributed by atoms with Crippen molar-refractivity contribution in [1.29, 1.82) is 0 Å². The van der Waals surface area contributed by atoms with E-state index in [-0.39, 0.29) is 11.3 Å². The molecule has 1 aromatic carbocycles. The molecule has 0 radical (unpaired) electrons. The van der Waals surface area contributed by atoms with Gasteiger partial charge in [-0.25, -0.2) is 8.42 Å². The number of nitrogens with one attached hydrogen (secondary N) is 1. The second-order valence-corrected chi connectivity index (χ2v) is 5.91. The monoisotopic (exact) mass is 295 g/mol. The molecule has 0 amide bonds. The third kappa shape index (κ3) is 3.35. The van der Waals surface area contributed by atoms with Crippen LogP contribution in [0.3, 0.4) is 0 Å². The van der Waals surface area contributed by atoms with Crippen molar-refractivity contribution < 1.29 is 18.3 Å². The Balaban J connectivity index is 2.15. The predicted molar refractivity (Wildman–Crippen MR) is 71.8 cm³/mol. The van der Waals surface area contributed by atoms with Gasteiger partial charge in [0.25, 0.3) is 10.0 Å². The van der Waals surface area contributed by atoms with Gasteiger partial charge >= 0.3 is 5.97 Å². The van der Waals surface area contributed by atoms with E-state index < -0.39 is 16.0 Å². The number of benzene rings is 1. The van der Waals surface area contributed by atoms with Gasteiger partial charge in [0.15, 0.2) is 0 Å². The number of aromatic nitrogens is 2. The number of nitrogens with zero attached hydrogens (tertiary/aromatic N) is 2. The molecule has 0 fully saturated rings. The second kappa shape index (κ2) is 5.33. The highest BCUT2D eigenvalue weighted by Gasteiger charge is 2.16. The van der Waals surface area contributed by atoms with E-state index in [4.69, 9.17) is 5.11 Å². The molecule has 7 nitrogen and oxygen atoms in total. The van der Waals surface area contributed by atoms with Crippen LogP contribution in [0.2, 0.25) is 0 Å². The average molecular weight is 295 g/mol. The van der Waals surface area contributed by atoms with E-state index in [0.717, 1.165) is 0 Å². The number of aliphatic carboxylic acids is 1. The van der Waals surface area contributed by atoms with Gasteiger partial charge in [-0.05, 0) is 17.7 Å². The standard InChI is InChI=1S/C12H13N3O4S/c1-15-8-11(7-13-15)20(18,19)14-10-4-2-9(3-5-10)6-12(16)17/h2-5,7-8,14H,6H2,1H3,(H,16,17). The van der Waals surface area contributed by atoms with Crippen LogP contribution in [0.15, 0.2) is 41.6 Å². The number of hydrogen-bond donors (Lipinski definition) is 2. The van der Waals surface area contributed by atoms with Gasteiger partial charge in [0.05, 0.1) is 12.6 Å². The summed E-state index contributed by atoms with van der Waals surface area (Å²) in [4.78, 5) is 10.6. The first-order valence-electron chi connectivity index (χ1n) is 5.69. The van der Waals surface area contributed by atoms with E-state index in [1.165, 1.54) is 29.2 Å². The molecule has 2 aromatic rings. The van der Waals surface area contributed by atoms with Crippen LogP contribution in [-0.2, 0) is 28.3 Å². The number of sulfonamides is 1. The quantitative estimate of drug-likeness (QED) is 0.851. The normalized spacial score (nSPS) is 11.2. The number of aryl methyl sites for hydroxylation is 1. The smallest absolute Gasteiger partial charge is 0.307 e. The van der Waals surface area contributed by atoms with Gasteiger partial charge in [0, 0.05) is 18.9 Å². The molecule has 2 rings (SSSR count). The summed E-state index contributed by atoms with van der Waals surface area (Å²) in [6.45, 7) is 0. The zero-order chi connectivity index (χ0) is 14.8. The van der Waals surface area contributed by atoms with E-state index in [1.54, 1.807) is 19.2 Å². The molecule has 0 aliphatic rings. The van der Waals surface area contributed by atoms with Gasteiger partial charge in [-0.15, -0.1) is 0 Å². The molecule has 1 aromatic heterocycles. The number of hydrogen-bond acceptors (Lipinski definition) is 4. The summed E-state index contributed by atoms with van der Waals surface area (Å²) in [5.74, 6) is -0.936. The Morgan fingerprint density at radius 3 is 2.50 bits per heavy atom. The van der Waals surface area contributed by atoms with E-state index in [2.05, 4.69) is 9.82 Å². The van der Waals surface area contributed by atoms with E-state index in [9.17, 15) is 13.2 Å². The van der Waals surface area contributed by atoms with Crippen LogP contribution >= 0.6 is 0 Å². The van der Waals surface area contributed by atoms with Gasteiger partial charge in [-0.2, -0.15) is 5.10 Å². The Morgan fingerprint density at radius 1 is 1.35 bits per heavy atom. The zero-order valence-electron chi connectivity index (χ0n) is 10.6. The maximum Gasteiger partial charge on any atom is 0.307 e. The minimum Gasteiger partial charge on any atom is -0.481 e. The first-order chi connectivity index (χ1) is 9.37. The van der Waals surface area contributed by atoms with Gasteiger partial charge < -0.3 is 5.11 Å². The Labute approximate surface area is 115 Å². The fraction of sp³-hybridized carbons (Fsp3) is 0.167. The van der Waals surface area contributed by atoms with Crippen LogP contribution in [0, 0.1) is 0 Å². The third-order valence-electron chi connectivity index (χ3n) is 2.55. The van der Waals surface area contributed by atoms with Crippen LogP contribution in [-0.4, -0.2) is 29.3 Å². The third-order valence-corrected chi connectivity index (χ3v) is 3.89. The van der Waals surface area contributed by atoms with Crippen LogP contribution in [0.25, 0.3) is 0 Å². The summed E-state index contributed by atoms with van der Waals surface area (Å²) in [6.07, 6.45) is 2.54. The van der Waals surface area contributed by atoms with Crippen LogP contribution < -0.4 is 4.72 Å². The predicted octanol–water partition coefficient (Wildman–Crippen LogP) is 0.848. The largest absolute Gasteiger partial charge is 0.481 e. The lowest BCUT2D eigenvalue weighted by atomic mass is 10.1. The molecule has 1 heterocycles. The molecule has 0 spiro atoms. The Morgan fingerprint density at radius 2 is 2.00 bits per heavy atom. The minimum absolute atomic E-state index is 0.0645. The van der Waals surface area contributed by atoms with Gasteiger partial charge in [-0.3, -0.25) is 14.2 Å². The van der Waals surface area contributed by atoms with Crippen molar-refractivity contribution in [3.05, 3.63) is 42.2 Å². The summed E-state index contributed by atoms with van der Waals surface area (Å²) < 4.78 is 27.8. The molecule has 20 heavy (non-hydrogen) atoms. The average Bonchev–Trinajstić information content (AvgIpc) is 2.78. The van der Waals surface area contributed by atoms with Crippen molar-refractivity contribution in [3.63, 3.8) is 0 Å². The Hall–Kier alpha value is -2.35. The zero-order valence-corrected chi connectivity index (χ0v) is 11.5. The summed E-state index contributed by atoms with van der Waals surface area (Å²) in [5, 5.41) is 12.5. The van der Waals surface area contributed by atoms with E-state index >= 15 is 0 Å². The summed E-state index contributed by atoms with van der Waals surface area (Å²) in [5.41, 5.74) is 0.963. The maximum atomic E-state index is 12.0. The van der Waals surface area contributed by atoms with Crippen LogP contribution in [0.1, 0.15) is 5.56 Å². The second-order valence-electron chi connectivity index (χ2n) is 4.22. The van der Waals surface area contributed by atoms with Gasteiger partial charge in [0.2, 0.25) is 0 Å². The van der Waals surface area contributed by atoms with Crippen molar-refractivity contribution in [2.75, 3.05) is 4.72 Å². The molecule has 0 aliphatic heterocycles. The van der Waals surface area contributed by atoms with Gasteiger partial charge in [-0.1, -0.05) is 12.1 Å². The highest BCUT2D eigenvalue weighted by molar-refractivity contribution is 7.92. The topological polar surface area (TPSA) is 101 Å². The van der Waals surface area contributed by atoms with E-state index in [1.807, 2.05) is 0 Å². The molecule has 8 heteroatoms. The van der Waals surface area contributed by atoms with Crippen molar-refractivity contribution in [2.45, 2.75) is 11.3 Å². The van der Waals surface area contributed by atoms with Crippen molar-refractivity contribution in [3.8, 4) is 0 Å². The number of carboxylic acid groups (broad SMARTS) is 1. The maximum absolute atomic E-state index is 12.0. The number of anilines is 1. The molecule has 0 saturated carbocycles. The summed E-state index contributed by atoms with van der Waals surface area (Å²) >= 11 is 0. The van der Waals surface area contributed by atoms with Crippen molar-refractivity contribution >= 4 is 21.7 Å². The molecule has 2 N–H and O–H groups in total. The highest BCUT2D eigenvalue weighted by atomic mass is 32.2. The minimum atomic E-state index is -3.68. The first-order valence-corrected chi connectivity index (χ1v) is 7.17. The lowest BCUT2D eigenvalue weighted by molar-refractivity contribution is -0.136. The van der Waals surface area contributed by atoms with Crippen LogP contribution in [0.5, 0.6) is 0 Å². The van der Waals surface area contributed by atoms with Crippen LogP contribution in [0.4, 0.5) is 5.69 Å². The fourth-order valence-electron chi connectivity index (χ4n) is 1.62. The molecule has 0 unspecified atom stereocenters. The van der Waals surface area contributed by atoms with E-state index in [0.29, 0.717) is 11.3 Å². The number of carbonyl (C=O) groups is 1. The summed E-state index contributed by atoms with van der Waals surface area (Å²) in [7, 11) is -2.05. The molecule has 0 saturated heterocycles. The lowest BCUT2D eigenvalue weighted by Gasteiger charge is -2.06. The Kier molecular flexibility index (Phi) is 3.75. The highest BCUT2D eigenvalue weighted by Crippen LogP contribution is 2.16. The molecule has 0 atom stereocenters. The first kappa shape index (κ1) is 14.1. The summed E-state index contributed by atoms with van der Waals surface area (Å²) in [6, 6.07) is 6.17. The SMILES string of the molecule is Cn1cc(S(=O)(=O)Nc2ccc(CC(=O)O)cc2)cn1. The molecule has 0 bridgehead atoms. The molecule has 0 aliphatic carbocycles.